The molecule has 5 nitrogen and oxygen atoms in total. The molecule has 0 saturated carbocycles. The Morgan fingerprint density at radius 2 is 2.15 bits per heavy atom. The zero-order chi connectivity index (χ0) is 14.5. The molecule has 108 valence electrons. The van der Waals surface area contributed by atoms with E-state index in [1.165, 1.54) is 0 Å². The predicted octanol–water partition coefficient (Wildman–Crippen LogP) is 2.49. The standard InChI is InChI=1S/C14H17ClN2O3/c15-12-6-2-1-4-10(12)9-16-14(20)17-7-3-5-11(17)8-13(18)19/h1-2,4,6,11H,3,5,7-9H2,(H,16,20)(H,18,19). The molecule has 2 rings (SSSR count). The highest BCUT2D eigenvalue weighted by molar-refractivity contribution is 6.31. The molecule has 0 spiro atoms. The van der Waals surface area contributed by atoms with E-state index in [2.05, 4.69) is 5.32 Å². The molecule has 1 aromatic carbocycles. The number of nitrogens with zero attached hydrogens (tertiary/aromatic N) is 1. The molecule has 0 aliphatic carbocycles. The molecule has 1 saturated heterocycles. The molecule has 2 N–H and O–H groups in total. The first-order valence-electron chi connectivity index (χ1n) is 6.57. The second kappa shape index (κ2) is 6.61. The summed E-state index contributed by atoms with van der Waals surface area (Å²) in [5.74, 6) is -0.874. The second-order valence-electron chi connectivity index (χ2n) is 4.84. The van der Waals surface area contributed by atoms with E-state index in [-0.39, 0.29) is 18.5 Å². The molecule has 1 fully saturated rings. The molecule has 0 aromatic heterocycles. The lowest BCUT2D eigenvalue weighted by molar-refractivity contribution is -0.137. The van der Waals surface area contributed by atoms with E-state index < -0.39 is 5.97 Å². The van der Waals surface area contributed by atoms with E-state index in [4.69, 9.17) is 16.7 Å². The molecule has 2 amide bonds. The van der Waals surface area contributed by atoms with Gasteiger partial charge in [0.05, 0.1) is 6.42 Å². The summed E-state index contributed by atoms with van der Waals surface area (Å²) in [6, 6.07) is 6.87. The van der Waals surface area contributed by atoms with Crippen LogP contribution in [0.3, 0.4) is 0 Å². The number of halogens is 1. The SMILES string of the molecule is O=C(O)CC1CCCN1C(=O)NCc1ccccc1Cl. The first kappa shape index (κ1) is 14.7. The van der Waals surface area contributed by atoms with Crippen molar-refractivity contribution in [3.63, 3.8) is 0 Å². The van der Waals surface area contributed by atoms with Crippen molar-refractivity contribution in [3.8, 4) is 0 Å². The third-order valence-electron chi connectivity index (χ3n) is 3.44. The summed E-state index contributed by atoms with van der Waals surface area (Å²) in [7, 11) is 0. The van der Waals surface area contributed by atoms with Gasteiger partial charge in [-0.25, -0.2) is 4.79 Å². The van der Waals surface area contributed by atoms with Crippen molar-refractivity contribution >= 4 is 23.6 Å². The van der Waals surface area contributed by atoms with Crippen molar-refractivity contribution in [1.29, 1.82) is 0 Å². The largest absolute Gasteiger partial charge is 0.481 e. The summed E-state index contributed by atoms with van der Waals surface area (Å²) in [5.41, 5.74) is 0.844. The quantitative estimate of drug-likeness (QED) is 0.897. The molecule has 1 aromatic rings. The molecular formula is C14H17ClN2O3. The molecule has 0 bridgehead atoms. The fourth-order valence-electron chi connectivity index (χ4n) is 2.43. The normalized spacial score (nSPS) is 18.1. The molecule has 20 heavy (non-hydrogen) atoms. The Labute approximate surface area is 122 Å². The molecule has 1 aliphatic rings. The van der Waals surface area contributed by atoms with E-state index in [9.17, 15) is 9.59 Å². The van der Waals surface area contributed by atoms with Crippen molar-refractivity contribution in [2.75, 3.05) is 6.54 Å². The monoisotopic (exact) mass is 296 g/mol. The number of hydrogen-bond acceptors (Lipinski definition) is 2. The van der Waals surface area contributed by atoms with Crippen molar-refractivity contribution in [2.24, 2.45) is 0 Å². The molecule has 1 heterocycles. The van der Waals surface area contributed by atoms with Gasteiger partial charge in [-0.05, 0) is 24.5 Å². The minimum Gasteiger partial charge on any atom is -0.481 e. The van der Waals surface area contributed by atoms with Crippen LogP contribution in [0.4, 0.5) is 4.79 Å². The van der Waals surface area contributed by atoms with E-state index in [1.54, 1.807) is 11.0 Å². The van der Waals surface area contributed by atoms with Gasteiger partial charge in [0.25, 0.3) is 0 Å². The number of benzene rings is 1. The number of carboxylic acid groups (broad SMARTS) is 1. The Kier molecular flexibility index (Phi) is 4.84. The van der Waals surface area contributed by atoms with Crippen LogP contribution >= 0.6 is 11.6 Å². The Bertz CT molecular complexity index is 507. The van der Waals surface area contributed by atoms with Gasteiger partial charge in [-0.1, -0.05) is 29.8 Å². The summed E-state index contributed by atoms with van der Waals surface area (Å²) in [6.45, 7) is 0.946. The van der Waals surface area contributed by atoms with Gasteiger partial charge >= 0.3 is 12.0 Å². The average molecular weight is 297 g/mol. The highest BCUT2D eigenvalue weighted by atomic mass is 35.5. The van der Waals surface area contributed by atoms with Crippen molar-refractivity contribution in [1.82, 2.24) is 10.2 Å². The lowest BCUT2D eigenvalue weighted by Crippen LogP contribution is -2.43. The van der Waals surface area contributed by atoms with E-state index in [0.29, 0.717) is 18.1 Å². The van der Waals surface area contributed by atoms with Crippen LogP contribution in [0.2, 0.25) is 5.02 Å². The smallest absolute Gasteiger partial charge is 0.317 e. The summed E-state index contributed by atoms with van der Waals surface area (Å²) in [4.78, 5) is 24.5. The second-order valence-corrected chi connectivity index (χ2v) is 5.24. The van der Waals surface area contributed by atoms with Crippen molar-refractivity contribution in [2.45, 2.75) is 31.8 Å². The maximum atomic E-state index is 12.1. The first-order valence-corrected chi connectivity index (χ1v) is 6.95. The van der Waals surface area contributed by atoms with Crippen molar-refractivity contribution < 1.29 is 14.7 Å². The number of nitrogens with one attached hydrogen (secondary N) is 1. The fraction of sp³-hybridized carbons (Fsp3) is 0.429. The number of likely N-dealkylation sites (tertiary alicyclic amines) is 1. The minimum absolute atomic E-state index is 0.000483. The number of rotatable bonds is 4. The van der Waals surface area contributed by atoms with Gasteiger partial charge in [0, 0.05) is 24.2 Å². The number of carbonyl (C=O) groups excluding carboxylic acids is 1. The highest BCUT2D eigenvalue weighted by Gasteiger charge is 2.30. The first-order chi connectivity index (χ1) is 9.58. The number of aliphatic carboxylic acids is 1. The third-order valence-corrected chi connectivity index (χ3v) is 3.80. The number of amides is 2. The summed E-state index contributed by atoms with van der Waals surface area (Å²) in [6.07, 6.45) is 1.59. The molecule has 0 radical (unpaired) electrons. The van der Waals surface area contributed by atoms with Gasteiger partial charge in [-0.2, -0.15) is 0 Å². The molecular weight excluding hydrogens is 280 g/mol. The lowest BCUT2D eigenvalue weighted by atomic mass is 10.1. The van der Waals surface area contributed by atoms with Crippen LogP contribution in [0.1, 0.15) is 24.8 Å². The van der Waals surface area contributed by atoms with Gasteiger partial charge in [-0.3, -0.25) is 4.79 Å². The zero-order valence-electron chi connectivity index (χ0n) is 11.0. The number of urea groups is 1. The molecule has 1 atom stereocenters. The van der Waals surface area contributed by atoms with Crippen molar-refractivity contribution in [3.05, 3.63) is 34.9 Å². The zero-order valence-corrected chi connectivity index (χ0v) is 11.8. The van der Waals surface area contributed by atoms with Gasteiger partial charge < -0.3 is 15.3 Å². The third kappa shape index (κ3) is 3.63. The fourth-order valence-corrected chi connectivity index (χ4v) is 2.63. The van der Waals surface area contributed by atoms with Crippen LogP contribution in [0.15, 0.2) is 24.3 Å². The van der Waals surface area contributed by atoms with Gasteiger partial charge in [0.2, 0.25) is 0 Å². The van der Waals surface area contributed by atoms with E-state index in [0.717, 1.165) is 18.4 Å². The Hall–Kier alpha value is -1.75. The van der Waals surface area contributed by atoms with Crippen LogP contribution in [0, 0.1) is 0 Å². The number of carboxylic acids is 1. The Morgan fingerprint density at radius 1 is 1.40 bits per heavy atom. The molecule has 1 unspecified atom stereocenters. The van der Waals surface area contributed by atoms with E-state index in [1.807, 2.05) is 18.2 Å². The summed E-state index contributed by atoms with van der Waals surface area (Å²) >= 11 is 6.02. The van der Waals surface area contributed by atoms with Crippen LogP contribution in [-0.4, -0.2) is 34.6 Å². The highest BCUT2D eigenvalue weighted by Crippen LogP contribution is 2.20. The van der Waals surface area contributed by atoms with Gasteiger partial charge in [0.15, 0.2) is 0 Å². The minimum atomic E-state index is -0.874. The average Bonchev–Trinajstić information content (AvgIpc) is 2.85. The Balaban J connectivity index is 1.91. The van der Waals surface area contributed by atoms with Gasteiger partial charge in [0.1, 0.15) is 0 Å². The lowest BCUT2D eigenvalue weighted by Gasteiger charge is -2.23. The predicted molar refractivity (Wildman–Crippen MR) is 75.7 cm³/mol. The van der Waals surface area contributed by atoms with Crippen LogP contribution < -0.4 is 5.32 Å². The van der Waals surface area contributed by atoms with Crippen LogP contribution in [0.25, 0.3) is 0 Å². The molecule has 6 heteroatoms. The Morgan fingerprint density at radius 3 is 2.85 bits per heavy atom. The number of hydrogen-bond donors (Lipinski definition) is 2. The maximum absolute atomic E-state index is 12.1. The topological polar surface area (TPSA) is 69.6 Å². The van der Waals surface area contributed by atoms with Crippen LogP contribution in [0.5, 0.6) is 0 Å². The summed E-state index contributed by atoms with van der Waals surface area (Å²) < 4.78 is 0. The number of carbonyl (C=O) groups is 2. The van der Waals surface area contributed by atoms with E-state index >= 15 is 0 Å². The van der Waals surface area contributed by atoms with Crippen LogP contribution in [-0.2, 0) is 11.3 Å². The van der Waals surface area contributed by atoms with Gasteiger partial charge in [-0.15, -0.1) is 0 Å². The summed E-state index contributed by atoms with van der Waals surface area (Å²) in [5, 5.41) is 12.2. The maximum Gasteiger partial charge on any atom is 0.317 e. The molecule has 1 aliphatic heterocycles.